The molecule has 0 bridgehead atoms. The van der Waals surface area contributed by atoms with Crippen LogP contribution in [0.4, 0.5) is 5.69 Å². The minimum Gasteiger partial charge on any atom is -0.418 e. The summed E-state index contributed by atoms with van der Waals surface area (Å²) >= 11 is 0. The number of anilines is 1. The molecule has 3 rings (SSSR count). The van der Waals surface area contributed by atoms with E-state index < -0.39 is 0 Å². The highest BCUT2D eigenvalue weighted by Crippen LogP contribution is 2.24. The minimum atomic E-state index is 0.509. The van der Waals surface area contributed by atoms with Crippen molar-refractivity contribution < 1.29 is 4.42 Å². The van der Waals surface area contributed by atoms with Crippen molar-refractivity contribution in [2.24, 2.45) is 0 Å². The van der Waals surface area contributed by atoms with Crippen LogP contribution < -0.4 is 5.73 Å². The molecule has 0 saturated carbocycles. The molecule has 0 amide bonds. The first kappa shape index (κ1) is 9.84. The summed E-state index contributed by atoms with van der Waals surface area (Å²) in [6.45, 7) is 2.04. The van der Waals surface area contributed by atoms with E-state index in [1.807, 2.05) is 31.2 Å². The van der Waals surface area contributed by atoms with Crippen LogP contribution in [-0.2, 0) is 0 Å². The molecule has 4 heteroatoms. The maximum Gasteiger partial charge on any atom is 0.247 e. The fourth-order valence-electron chi connectivity index (χ4n) is 1.66. The van der Waals surface area contributed by atoms with Gasteiger partial charge in [0.05, 0.1) is 11.9 Å². The zero-order chi connectivity index (χ0) is 11.8. The van der Waals surface area contributed by atoms with Crippen LogP contribution in [0.2, 0.25) is 0 Å². The van der Waals surface area contributed by atoms with Crippen LogP contribution in [0.25, 0.3) is 22.7 Å². The Morgan fingerprint density at radius 2 is 1.94 bits per heavy atom. The summed E-state index contributed by atoms with van der Waals surface area (Å²) in [6.07, 6.45) is 1.56. The molecule has 0 aliphatic rings. The zero-order valence-electron chi connectivity index (χ0n) is 9.34. The number of aryl methyl sites for hydroxylation is 1. The smallest absolute Gasteiger partial charge is 0.247 e. The third kappa shape index (κ3) is 1.73. The number of oxazole rings is 1. The summed E-state index contributed by atoms with van der Waals surface area (Å²) in [5.74, 6) is 0.568. The van der Waals surface area contributed by atoms with Crippen LogP contribution in [0.15, 0.2) is 40.9 Å². The standard InChI is InChI=1S/C13H11N3O/c1-8-2-4-9(5-3-8)12-16-11-6-10(14)7-15-13(11)17-12/h2-7H,14H2,1H3. The van der Waals surface area contributed by atoms with Crippen LogP contribution in [0.1, 0.15) is 5.56 Å². The first-order valence-electron chi connectivity index (χ1n) is 5.31. The largest absolute Gasteiger partial charge is 0.418 e. The summed E-state index contributed by atoms with van der Waals surface area (Å²) in [7, 11) is 0. The zero-order valence-corrected chi connectivity index (χ0v) is 9.34. The Balaban J connectivity index is 2.14. The molecule has 2 aromatic heterocycles. The number of benzene rings is 1. The van der Waals surface area contributed by atoms with E-state index in [-0.39, 0.29) is 0 Å². The number of nitrogens with two attached hydrogens (primary N) is 1. The van der Waals surface area contributed by atoms with Crippen LogP contribution in [0.5, 0.6) is 0 Å². The first-order chi connectivity index (χ1) is 8.22. The van der Waals surface area contributed by atoms with Crippen molar-refractivity contribution in [1.82, 2.24) is 9.97 Å². The lowest BCUT2D eigenvalue weighted by atomic mass is 10.1. The molecule has 0 atom stereocenters. The van der Waals surface area contributed by atoms with Crippen molar-refractivity contribution in [3.05, 3.63) is 42.1 Å². The highest BCUT2D eigenvalue weighted by Gasteiger charge is 2.08. The minimum absolute atomic E-state index is 0.509. The van der Waals surface area contributed by atoms with Gasteiger partial charge in [-0.05, 0) is 25.1 Å². The van der Waals surface area contributed by atoms with Gasteiger partial charge >= 0.3 is 0 Å². The van der Waals surface area contributed by atoms with Crippen LogP contribution in [-0.4, -0.2) is 9.97 Å². The van der Waals surface area contributed by atoms with E-state index in [1.165, 1.54) is 5.56 Å². The maximum atomic E-state index is 5.65. The SMILES string of the molecule is Cc1ccc(-c2nc3cc(N)cnc3o2)cc1. The van der Waals surface area contributed by atoms with Gasteiger partial charge in [0.25, 0.3) is 0 Å². The molecule has 84 valence electrons. The van der Waals surface area contributed by atoms with Crippen molar-refractivity contribution in [1.29, 1.82) is 0 Å². The van der Waals surface area contributed by atoms with Gasteiger partial charge in [-0.2, -0.15) is 0 Å². The van der Waals surface area contributed by atoms with Crippen molar-refractivity contribution in [2.75, 3.05) is 5.73 Å². The number of pyridine rings is 1. The predicted molar refractivity (Wildman–Crippen MR) is 66.4 cm³/mol. The molecule has 0 aliphatic heterocycles. The molecule has 4 nitrogen and oxygen atoms in total. The quantitative estimate of drug-likeness (QED) is 0.691. The third-order valence-corrected chi connectivity index (χ3v) is 2.57. The molecule has 17 heavy (non-hydrogen) atoms. The second kappa shape index (κ2) is 3.59. The number of aromatic nitrogens is 2. The highest BCUT2D eigenvalue weighted by molar-refractivity contribution is 5.75. The third-order valence-electron chi connectivity index (χ3n) is 2.57. The Kier molecular flexibility index (Phi) is 2.08. The van der Waals surface area contributed by atoms with Gasteiger partial charge in [-0.1, -0.05) is 17.7 Å². The molecule has 0 unspecified atom stereocenters. The van der Waals surface area contributed by atoms with Crippen LogP contribution in [0, 0.1) is 6.92 Å². The fraction of sp³-hybridized carbons (Fsp3) is 0.0769. The second-order valence-electron chi connectivity index (χ2n) is 3.98. The Bertz CT molecular complexity index is 671. The van der Waals surface area contributed by atoms with Gasteiger partial charge in [-0.15, -0.1) is 0 Å². The lowest BCUT2D eigenvalue weighted by Crippen LogP contribution is -1.85. The normalized spacial score (nSPS) is 10.9. The molecule has 2 N–H and O–H groups in total. The van der Waals surface area contributed by atoms with Crippen molar-refractivity contribution in [3.8, 4) is 11.5 Å². The average Bonchev–Trinajstić information content (AvgIpc) is 2.72. The Morgan fingerprint density at radius 1 is 1.18 bits per heavy atom. The molecule has 0 fully saturated rings. The number of nitrogens with zero attached hydrogens (tertiary/aromatic N) is 2. The Labute approximate surface area is 98.1 Å². The van der Waals surface area contributed by atoms with Gasteiger partial charge in [0, 0.05) is 5.56 Å². The van der Waals surface area contributed by atoms with Gasteiger partial charge in [0.15, 0.2) is 0 Å². The second-order valence-corrected chi connectivity index (χ2v) is 3.98. The summed E-state index contributed by atoms with van der Waals surface area (Å²) in [5.41, 5.74) is 9.56. The molecule has 0 spiro atoms. The number of rotatable bonds is 1. The Morgan fingerprint density at radius 3 is 2.71 bits per heavy atom. The van der Waals surface area contributed by atoms with Gasteiger partial charge in [0.2, 0.25) is 11.6 Å². The van der Waals surface area contributed by atoms with E-state index in [0.29, 0.717) is 22.8 Å². The summed E-state index contributed by atoms with van der Waals surface area (Å²) in [5, 5.41) is 0. The molecule has 0 radical (unpaired) electrons. The monoisotopic (exact) mass is 225 g/mol. The number of nitrogen functional groups attached to an aromatic ring is 1. The molecular formula is C13H11N3O. The van der Waals surface area contributed by atoms with Gasteiger partial charge in [-0.3, -0.25) is 0 Å². The number of hydrogen-bond donors (Lipinski definition) is 1. The number of fused-ring (bicyclic) bond motifs is 1. The van der Waals surface area contributed by atoms with Crippen LogP contribution >= 0.6 is 0 Å². The topological polar surface area (TPSA) is 64.9 Å². The van der Waals surface area contributed by atoms with Gasteiger partial charge in [0.1, 0.15) is 5.52 Å². The average molecular weight is 225 g/mol. The number of hydrogen-bond acceptors (Lipinski definition) is 4. The molecule has 3 aromatic rings. The van der Waals surface area contributed by atoms with E-state index in [9.17, 15) is 0 Å². The van der Waals surface area contributed by atoms with E-state index >= 15 is 0 Å². The van der Waals surface area contributed by atoms with Crippen molar-refractivity contribution in [2.45, 2.75) is 6.92 Å². The molecule has 0 saturated heterocycles. The summed E-state index contributed by atoms with van der Waals surface area (Å²) < 4.78 is 5.57. The highest BCUT2D eigenvalue weighted by atomic mass is 16.4. The molecule has 2 heterocycles. The lowest BCUT2D eigenvalue weighted by molar-refractivity contribution is 0.608. The lowest BCUT2D eigenvalue weighted by Gasteiger charge is -1.94. The van der Waals surface area contributed by atoms with Crippen molar-refractivity contribution in [3.63, 3.8) is 0 Å². The summed E-state index contributed by atoms with van der Waals surface area (Å²) in [4.78, 5) is 8.45. The van der Waals surface area contributed by atoms with E-state index in [1.54, 1.807) is 12.3 Å². The van der Waals surface area contributed by atoms with E-state index in [4.69, 9.17) is 10.2 Å². The first-order valence-corrected chi connectivity index (χ1v) is 5.31. The predicted octanol–water partition coefficient (Wildman–Crippen LogP) is 2.78. The van der Waals surface area contributed by atoms with Gasteiger partial charge < -0.3 is 10.2 Å². The molecule has 0 aliphatic carbocycles. The Hall–Kier alpha value is -2.36. The van der Waals surface area contributed by atoms with E-state index in [2.05, 4.69) is 9.97 Å². The molecule has 1 aromatic carbocycles. The van der Waals surface area contributed by atoms with Crippen molar-refractivity contribution >= 4 is 16.9 Å². The van der Waals surface area contributed by atoms with Gasteiger partial charge in [-0.25, -0.2) is 9.97 Å². The van der Waals surface area contributed by atoms with E-state index in [0.717, 1.165) is 5.56 Å². The maximum absolute atomic E-state index is 5.65. The summed E-state index contributed by atoms with van der Waals surface area (Å²) in [6, 6.07) is 9.74. The molecular weight excluding hydrogens is 214 g/mol. The van der Waals surface area contributed by atoms with Crippen LogP contribution in [0.3, 0.4) is 0 Å². The fourth-order valence-corrected chi connectivity index (χ4v) is 1.66.